The van der Waals surface area contributed by atoms with E-state index in [1.165, 1.54) is 13.2 Å². The van der Waals surface area contributed by atoms with E-state index in [0.29, 0.717) is 0 Å². The van der Waals surface area contributed by atoms with Crippen molar-refractivity contribution in [3.8, 4) is 5.75 Å². The highest BCUT2D eigenvalue weighted by atomic mass is 35.5. The summed E-state index contributed by atoms with van der Waals surface area (Å²) in [6.07, 6.45) is 0.220. The first-order valence-corrected chi connectivity index (χ1v) is 5.27. The summed E-state index contributed by atoms with van der Waals surface area (Å²) in [5, 5.41) is 8.41. The van der Waals surface area contributed by atoms with E-state index in [4.69, 9.17) is 16.7 Å². The zero-order chi connectivity index (χ0) is 13.0. The van der Waals surface area contributed by atoms with Crippen LogP contribution < -0.4 is 4.74 Å². The smallest absolute Gasteiger partial charge is 0.303 e. The lowest BCUT2D eigenvalue weighted by atomic mass is 10.1. The Bertz CT molecular complexity index is 435. The molecule has 17 heavy (non-hydrogen) atoms. The number of carboxylic acid groups (broad SMARTS) is 1. The van der Waals surface area contributed by atoms with Gasteiger partial charge in [-0.05, 0) is 24.5 Å². The minimum absolute atomic E-state index is 0.0308. The Balaban J connectivity index is 2.90. The first kappa shape index (κ1) is 13.7. The predicted molar refractivity (Wildman–Crippen MR) is 58.5 cm³/mol. The Morgan fingerprint density at radius 1 is 1.47 bits per heavy atom. The van der Waals surface area contributed by atoms with Crippen LogP contribution in [0.1, 0.15) is 18.4 Å². The highest BCUT2D eigenvalue weighted by molar-refractivity contribution is 6.32. The molecule has 1 N–H and O–H groups in total. The van der Waals surface area contributed by atoms with Gasteiger partial charge in [-0.3, -0.25) is 4.79 Å². The van der Waals surface area contributed by atoms with Gasteiger partial charge in [0.05, 0.1) is 12.1 Å². The molecule has 0 aliphatic carbocycles. The zero-order valence-corrected chi connectivity index (χ0v) is 9.85. The van der Waals surface area contributed by atoms with Crippen LogP contribution in [0.25, 0.3) is 0 Å². The van der Waals surface area contributed by atoms with Gasteiger partial charge in [0.2, 0.25) is 5.82 Å². The summed E-state index contributed by atoms with van der Waals surface area (Å²) in [5.41, 5.74) is 0.0505. The number of hydrogen-bond donors (Lipinski definition) is 1. The Kier molecular flexibility index (Phi) is 4.69. The van der Waals surface area contributed by atoms with Crippen LogP contribution in [0.15, 0.2) is 6.07 Å². The highest BCUT2D eigenvalue weighted by Gasteiger charge is 2.18. The van der Waals surface area contributed by atoms with Crippen LogP contribution in [-0.2, 0) is 11.2 Å². The molecule has 6 heteroatoms. The number of carbonyl (C=O) groups is 1. The van der Waals surface area contributed by atoms with Gasteiger partial charge < -0.3 is 9.84 Å². The van der Waals surface area contributed by atoms with Gasteiger partial charge in [0.25, 0.3) is 0 Å². The monoisotopic (exact) mass is 264 g/mol. The van der Waals surface area contributed by atoms with Crippen LogP contribution in [-0.4, -0.2) is 18.2 Å². The van der Waals surface area contributed by atoms with Crippen LogP contribution in [0.3, 0.4) is 0 Å². The van der Waals surface area contributed by atoms with Crippen molar-refractivity contribution < 1.29 is 23.4 Å². The summed E-state index contributed by atoms with van der Waals surface area (Å²) in [6, 6.07) is 1.25. The van der Waals surface area contributed by atoms with E-state index in [1.807, 2.05) is 0 Å². The van der Waals surface area contributed by atoms with Crippen molar-refractivity contribution in [2.45, 2.75) is 19.3 Å². The molecule has 0 radical (unpaired) electrons. The van der Waals surface area contributed by atoms with E-state index >= 15 is 0 Å². The van der Waals surface area contributed by atoms with E-state index in [1.54, 1.807) is 0 Å². The van der Waals surface area contributed by atoms with Crippen molar-refractivity contribution in [2.24, 2.45) is 0 Å². The first-order chi connectivity index (χ1) is 7.97. The molecule has 0 bridgehead atoms. The summed E-state index contributed by atoms with van der Waals surface area (Å²) < 4.78 is 31.5. The van der Waals surface area contributed by atoms with Crippen LogP contribution >= 0.6 is 11.6 Å². The van der Waals surface area contributed by atoms with Crippen LogP contribution in [0, 0.1) is 11.6 Å². The van der Waals surface area contributed by atoms with E-state index in [0.717, 1.165) is 0 Å². The van der Waals surface area contributed by atoms with Gasteiger partial charge in [-0.15, -0.1) is 0 Å². The van der Waals surface area contributed by atoms with Gasteiger partial charge >= 0.3 is 5.97 Å². The largest absolute Gasteiger partial charge is 0.492 e. The molecule has 0 aromatic heterocycles. The SMILES string of the molecule is COc1c(Cl)cc(CCCC(=O)O)c(F)c1F. The molecule has 0 atom stereocenters. The zero-order valence-electron chi connectivity index (χ0n) is 9.10. The fourth-order valence-electron chi connectivity index (χ4n) is 1.43. The average molecular weight is 265 g/mol. The van der Waals surface area contributed by atoms with Crippen LogP contribution in [0.2, 0.25) is 5.02 Å². The third-order valence-electron chi connectivity index (χ3n) is 2.23. The summed E-state index contributed by atoms with van der Waals surface area (Å²) >= 11 is 5.70. The number of ether oxygens (including phenoxy) is 1. The van der Waals surface area contributed by atoms with Crippen molar-refractivity contribution in [2.75, 3.05) is 7.11 Å². The molecule has 1 aromatic rings. The molecule has 0 heterocycles. The van der Waals surface area contributed by atoms with Crippen molar-refractivity contribution >= 4 is 17.6 Å². The molecule has 0 fully saturated rings. The molecule has 0 amide bonds. The molecule has 3 nitrogen and oxygen atoms in total. The minimum Gasteiger partial charge on any atom is -0.492 e. The van der Waals surface area contributed by atoms with Gasteiger partial charge in [-0.25, -0.2) is 4.39 Å². The van der Waals surface area contributed by atoms with Crippen LogP contribution in [0.4, 0.5) is 8.78 Å². The number of rotatable bonds is 5. The summed E-state index contributed by atoms with van der Waals surface area (Å²) in [7, 11) is 1.19. The van der Waals surface area contributed by atoms with Crippen molar-refractivity contribution in [1.82, 2.24) is 0 Å². The molecule has 0 saturated carbocycles. The highest BCUT2D eigenvalue weighted by Crippen LogP contribution is 2.32. The summed E-state index contributed by atoms with van der Waals surface area (Å²) in [4.78, 5) is 10.3. The number of benzene rings is 1. The van der Waals surface area contributed by atoms with Gasteiger partial charge in [-0.1, -0.05) is 11.6 Å². The molecule has 1 rings (SSSR count). The minimum atomic E-state index is -1.15. The number of hydrogen-bond acceptors (Lipinski definition) is 2. The summed E-state index contributed by atoms with van der Waals surface area (Å²) in [6.45, 7) is 0. The molecule has 0 aliphatic heterocycles. The number of aryl methyl sites for hydroxylation is 1. The van der Waals surface area contributed by atoms with E-state index < -0.39 is 17.6 Å². The molecular weight excluding hydrogens is 254 g/mol. The number of aliphatic carboxylic acids is 1. The third-order valence-corrected chi connectivity index (χ3v) is 2.51. The van der Waals surface area contributed by atoms with Gasteiger partial charge in [0, 0.05) is 6.42 Å². The maximum absolute atomic E-state index is 13.5. The lowest BCUT2D eigenvalue weighted by Gasteiger charge is -2.09. The first-order valence-electron chi connectivity index (χ1n) is 4.89. The van der Waals surface area contributed by atoms with Crippen molar-refractivity contribution in [3.05, 3.63) is 28.3 Å². The molecule has 1 aromatic carbocycles. The van der Waals surface area contributed by atoms with Crippen molar-refractivity contribution in [3.63, 3.8) is 0 Å². The Morgan fingerprint density at radius 2 is 2.12 bits per heavy atom. The maximum Gasteiger partial charge on any atom is 0.303 e. The lowest BCUT2D eigenvalue weighted by Crippen LogP contribution is -2.01. The second-order valence-corrected chi connectivity index (χ2v) is 3.83. The lowest BCUT2D eigenvalue weighted by molar-refractivity contribution is -0.137. The van der Waals surface area contributed by atoms with Gasteiger partial charge in [-0.2, -0.15) is 4.39 Å². The molecule has 94 valence electrons. The van der Waals surface area contributed by atoms with E-state index in [9.17, 15) is 13.6 Å². The Labute approximate surface area is 102 Å². The molecule has 0 spiro atoms. The Morgan fingerprint density at radius 3 is 2.65 bits per heavy atom. The third kappa shape index (κ3) is 3.30. The number of carboxylic acids is 1. The molecular formula is C11H11ClF2O3. The average Bonchev–Trinajstić information content (AvgIpc) is 2.25. The standard InChI is InChI=1S/C11H11ClF2O3/c1-17-11-7(12)5-6(9(13)10(11)14)3-2-4-8(15)16/h5H,2-4H2,1H3,(H,15,16). The summed E-state index contributed by atoms with van der Waals surface area (Å²) in [5.74, 6) is -3.52. The fraction of sp³-hybridized carbons (Fsp3) is 0.364. The van der Waals surface area contributed by atoms with Crippen LogP contribution in [0.5, 0.6) is 5.75 Å². The molecule has 0 unspecified atom stereocenters. The van der Waals surface area contributed by atoms with Gasteiger partial charge in [0.15, 0.2) is 11.6 Å². The fourth-order valence-corrected chi connectivity index (χ4v) is 1.72. The maximum atomic E-state index is 13.5. The second-order valence-electron chi connectivity index (χ2n) is 3.43. The number of methoxy groups -OCH3 is 1. The predicted octanol–water partition coefficient (Wildman–Crippen LogP) is 3.03. The van der Waals surface area contributed by atoms with Crippen molar-refractivity contribution in [1.29, 1.82) is 0 Å². The topological polar surface area (TPSA) is 46.5 Å². The van der Waals surface area contributed by atoms with Gasteiger partial charge in [0.1, 0.15) is 0 Å². The molecule has 0 saturated heterocycles. The normalized spacial score (nSPS) is 10.4. The van der Waals surface area contributed by atoms with E-state index in [-0.39, 0.29) is 35.6 Å². The Hall–Kier alpha value is -1.36. The quantitative estimate of drug-likeness (QED) is 0.832. The number of halogens is 3. The molecule has 0 aliphatic rings. The second kappa shape index (κ2) is 5.82. The van der Waals surface area contributed by atoms with E-state index in [2.05, 4.69) is 4.74 Å².